The van der Waals surface area contributed by atoms with E-state index >= 15 is 0 Å². The van der Waals surface area contributed by atoms with Gasteiger partial charge in [-0.2, -0.15) is 0 Å². The van der Waals surface area contributed by atoms with E-state index in [1.807, 2.05) is 0 Å². The normalized spacial score (nSPS) is 10.7. The fraction of sp³-hybridized carbons (Fsp3) is 0. The second-order valence-electron chi connectivity index (χ2n) is 4.78. The summed E-state index contributed by atoms with van der Waals surface area (Å²) in [6.45, 7) is 0. The predicted molar refractivity (Wildman–Crippen MR) is 81.5 cm³/mol. The lowest BCUT2D eigenvalue weighted by Crippen LogP contribution is -2.13. The fourth-order valence-corrected chi connectivity index (χ4v) is 2.45. The number of anilines is 1. The maximum atomic E-state index is 11.7. The van der Waals surface area contributed by atoms with Crippen molar-refractivity contribution in [2.75, 3.05) is 5.73 Å². The van der Waals surface area contributed by atoms with Crippen molar-refractivity contribution >= 4 is 28.5 Å². The highest BCUT2D eigenvalue weighted by molar-refractivity contribution is 6.10. The van der Waals surface area contributed by atoms with Gasteiger partial charge in [-0.05, 0) is 23.8 Å². The molecule has 2 aromatic carbocycles. The minimum absolute atomic E-state index is 0.147. The number of fused-ring (bicyclic) bond motifs is 1. The maximum Gasteiger partial charge on any atom is 0.372 e. The molecular weight excluding hydrogens is 284 g/mol. The SMILES string of the molecule is NC(=O)c1cc(N)ccc1-c1c(C(=O)O)oc2ccccc12. The van der Waals surface area contributed by atoms with Crippen LogP contribution in [0.1, 0.15) is 20.9 Å². The number of amides is 1. The lowest BCUT2D eigenvalue weighted by molar-refractivity contribution is 0.0665. The molecule has 0 unspecified atom stereocenters. The number of benzene rings is 2. The molecule has 1 heterocycles. The number of carboxylic acid groups (broad SMARTS) is 1. The number of para-hydroxylation sites is 1. The van der Waals surface area contributed by atoms with Gasteiger partial charge in [0.25, 0.3) is 0 Å². The average molecular weight is 296 g/mol. The molecule has 0 aliphatic rings. The number of primary amides is 1. The summed E-state index contributed by atoms with van der Waals surface area (Å²) in [6, 6.07) is 11.4. The molecule has 1 aromatic heterocycles. The van der Waals surface area contributed by atoms with E-state index in [4.69, 9.17) is 15.9 Å². The van der Waals surface area contributed by atoms with Crippen LogP contribution in [0.2, 0.25) is 0 Å². The third kappa shape index (κ3) is 2.07. The van der Waals surface area contributed by atoms with Crippen molar-refractivity contribution in [3.63, 3.8) is 0 Å². The molecule has 0 aliphatic carbocycles. The van der Waals surface area contributed by atoms with Gasteiger partial charge in [0.15, 0.2) is 0 Å². The summed E-state index contributed by atoms with van der Waals surface area (Å²) in [6.07, 6.45) is 0. The number of aromatic carboxylic acids is 1. The Kier molecular flexibility index (Phi) is 3.06. The zero-order valence-electron chi connectivity index (χ0n) is 11.4. The van der Waals surface area contributed by atoms with Gasteiger partial charge < -0.3 is 21.0 Å². The van der Waals surface area contributed by atoms with Crippen molar-refractivity contribution in [2.24, 2.45) is 5.73 Å². The zero-order valence-corrected chi connectivity index (χ0v) is 11.4. The monoisotopic (exact) mass is 296 g/mol. The minimum atomic E-state index is -1.22. The zero-order chi connectivity index (χ0) is 15.9. The summed E-state index contributed by atoms with van der Waals surface area (Å²) in [4.78, 5) is 23.2. The van der Waals surface area contributed by atoms with E-state index in [0.29, 0.717) is 27.8 Å². The van der Waals surface area contributed by atoms with E-state index < -0.39 is 11.9 Å². The molecule has 0 radical (unpaired) electrons. The van der Waals surface area contributed by atoms with Gasteiger partial charge in [-0.1, -0.05) is 24.3 Å². The Labute approximate surface area is 124 Å². The van der Waals surface area contributed by atoms with E-state index in [-0.39, 0.29) is 11.3 Å². The summed E-state index contributed by atoms with van der Waals surface area (Å²) < 4.78 is 5.40. The summed E-state index contributed by atoms with van der Waals surface area (Å²) >= 11 is 0. The van der Waals surface area contributed by atoms with Crippen LogP contribution in [0.25, 0.3) is 22.1 Å². The highest BCUT2D eigenvalue weighted by Gasteiger charge is 2.24. The number of hydrogen-bond donors (Lipinski definition) is 3. The molecule has 0 fully saturated rings. The van der Waals surface area contributed by atoms with E-state index in [9.17, 15) is 14.7 Å². The van der Waals surface area contributed by atoms with Gasteiger partial charge >= 0.3 is 5.97 Å². The van der Waals surface area contributed by atoms with Crippen LogP contribution in [-0.2, 0) is 0 Å². The molecule has 3 rings (SSSR count). The molecule has 0 spiro atoms. The standard InChI is InChI=1S/C16H12N2O4/c17-8-5-6-9(11(7-8)15(18)19)13-10-3-1-2-4-12(10)22-14(13)16(20)21/h1-7H,17H2,(H2,18,19)(H,20,21). The van der Waals surface area contributed by atoms with Gasteiger partial charge in [0.2, 0.25) is 11.7 Å². The smallest absolute Gasteiger partial charge is 0.372 e. The van der Waals surface area contributed by atoms with E-state index in [1.54, 1.807) is 36.4 Å². The van der Waals surface area contributed by atoms with Gasteiger partial charge in [-0.3, -0.25) is 4.79 Å². The summed E-state index contributed by atoms with van der Waals surface area (Å²) in [5.41, 5.74) is 12.7. The number of carboxylic acids is 1. The summed E-state index contributed by atoms with van der Waals surface area (Å²) in [7, 11) is 0. The lowest BCUT2D eigenvalue weighted by Gasteiger charge is -2.07. The number of furan rings is 1. The van der Waals surface area contributed by atoms with Gasteiger partial charge in [-0.25, -0.2) is 4.79 Å². The molecule has 0 bridgehead atoms. The summed E-state index contributed by atoms with van der Waals surface area (Å²) in [5, 5.41) is 9.97. The Morgan fingerprint density at radius 2 is 1.82 bits per heavy atom. The Morgan fingerprint density at radius 3 is 2.50 bits per heavy atom. The van der Waals surface area contributed by atoms with Crippen molar-refractivity contribution in [3.8, 4) is 11.1 Å². The van der Waals surface area contributed by atoms with Gasteiger partial charge in [0.1, 0.15) is 5.58 Å². The van der Waals surface area contributed by atoms with Crippen molar-refractivity contribution in [2.45, 2.75) is 0 Å². The molecule has 6 heteroatoms. The van der Waals surface area contributed by atoms with E-state index in [1.165, 1.54) is 6.07 Å². The van der Waals surface area contributed by atoms with Gasteiger partial charge in [0, 0.05) is 22.2 Å². The van der Waals surface area contributed by atoms with Crippen molar-refractivity contribution in [1.82, 2.24) is 0 Å². The van der Waals surface area contributed by atoms with Crippen LogP contribution in [0.15, 0.2) is 46.9 Å². The van der Waals surface area contributed by atoms with Crippen LogP contribution in [0.3, 0.4) is 0 Å². The molecule has 3 aromatic rings. The lowest BCUT2D eigenvalue weighted by atomic mass is 9.96. The van der Waals surface area contributed by atoms with Crippen molar-refractivity contribution in [1.29, 1.82) is 0 Å². The first-order valence-electron chi connectivity index (χ1n) is 6.43. The van der Waals surface area contributed by atoms with Crippen molar-refractivity contribution < 1.29 is 19.1 Å². The first-order chi connectivity index (χ1) is 10.5. The number of nitrogen functional groups attached to an aromatic ring is 1. The number of hydrogen-bond acceptors (Lipinski definition) is 4. The molecule has 5 N–H and O–H groups in total. The highest BCUT2D eigenvalue weighted by Crippen LogP contribution is 2.37. The second kappa shape index (κ2) is 4.92. The first-order valence-corrected chi connectivity index (χ1v) is 6.43. The van der Waals surface area contributed by atoms with Crippen molar-refractivity contribution in [3.05, 3.63) is 53.8 Å². The highest BCUT2D eigenvalue weighted by atomic mass is 16.4. The average Bonchev–Trinajstić information content (AvgIpc) is 2.87. The molecule has 22 heavy (non-hydrogen) atoms. The molecule has 110 valence electrons. The number of rotatable bonds is 3. The fourth-order valence-electron chi connectivity index (χ4n) is 2.45. The number of carbonyl (C=O) groups is 2. The maximum absolute atomic E-state index is 11.7. The Hall–Kier alpha value is -3.28. The molecular formula is C16H12N2O4. The number of nitrogens with two attached hydrogens (primary N) is 2. The van der Waals surface area contributed by atoms with Gasteiger partial charge in [0.05, 0.1) is 0 Å². The first kappa shape index (κ1) is 13.7. The molecule has 0 saturated carbocycles. The predicted octanol–water partition coefficient (Wildman–Crippen LogP) is 2.48. The molecule has 0 atom stereocenters. The van der Waals surface area contributed by atoms with Gasteiger partial charge in [-0.15, -0.1) is 0 Å². The Bertz CT molecular complexity index is 912. The Balaban J connectivity index is 2.42. The second-order valence-corrected chi connectivity index (χ2v) is 4.78. The quantitative estimate of drug-likeness (QED) is 0.641. The molecule has 0 saturated heterocycles. The largest absolute Gasteiger partial charge is 0.475 e. The van der Waals surface area contributed by atoms with Crippen LogP contribution in [0, 0.1) is 0 Å². The molecule has 1 amide bonds. The summed E-state index contributed by atoms with van der Waals surface area (Å²) in [5.74, 6) is -2.16. The third-order valence-corrected chi connectivity index (χ3v) is 3.37. The van der Waals surface area contributed by atoms with Crippen LogP contribution >= 0.6 is 0 Å². The van der Waals surface area contributed by atoms with Crippen LogP contribution < -0.4 is 11.5 Å². The molecule has 6 nitrogen and oxygen atoms in total. The number of carbonyl (C=O) groups excluding carboxylic acids is 1. The topological polar surface area (TPSA) is 120 Å². The molecule has 0 aliphatic heterocycles. The van der Waals surface area contributed by atoms with Crippen LogP contribution in [0.4, 0.5) is 5.69 Å². The van der Waals surface area contributed by atoms with E-state index in [2.05, 4.69) is 0 Å². The van der Waals surface area contributed by atoms with Crippen LogP contribution in [0.5, 0.6) is 0 Å². The van der Waals surface area contributed by atoms with E-state index in [0.717, 1.165) is 0 Å². The minimum Gasteiger partial charge on any atom is -0.475 e. The Morgan fingerprint density at radius 1 is 1.09 bits per heavy atom. The van der Waals surface area contributed by atoms with Crippen LogP contribution in [-0.4, -0.2) is 17.0 Å². The third-order valence-electron chi connectivity index (χ3n) is 3.37.